The highest BCUT2D eigenvalue weighted by Crippen LogP contribution is 2.15. The minimum Gasteiger partial charge on any atom is -0.395 e. The molecule has 0 amide bonds. The van der Waals surface area contributed by atoms with E-state index in [-0.39, 0.29) is 18.7 Å². The van der Waals surface area contributed by atoms with E-state index in [2.05, 4.69) is 39.5 Å². The summed E-state index contributed by atoms with van der Waals surface area (Å²) in [6, 6.07) is 0.617. The summed E-state index contributed by atoms with van der Waals surface area (Å²) in [4.78, 5) is 2.31. The molecule has 0 spiro atoms. The normalized spacial score (nSPS) is 18.2. The first-order valence-electron chi connectivity index (χ1n) is 6.11. The maximum atomic E-state index is 9.47. The van der Waals surface area contributed by atoms with Crippen LogP contribution in [-0.2, 0) is 0 Å². The molecular weight excluding hydrogens is 188 g/mol. The average Bonchev–Trinajstić information content (AvgIpc) is 2.23. The van der Waals surface area contributed by atoms with Gasteiger partial charge in [0.15, 0.2) is 0 Å². The molecule has 3 N–H and O–H groups in total. The highest BCUT2D eigenvalue weighted by Gasteiger charge is 2.27. The van der Waals surface area contributed by atoms with Gasteiger partial charge in [-0.1, -0.05) is 27.7 Å². The van der Waals surface area contributed by atoms with Crippen LogP contribution in [0.2, 0.25) is 0 Å². The minimum absolute atomic E-state index is 0.0453. The number of rotatable bonds is 7. The van der Waals surface area contributed by atoms with Crippen LogP contribution in [0.5, 0.6) is 0 Å². The van der Waals surface area contributed by atoms with E-state index in [9.17, 15) is 5.11 Å². The number of aliphatic hydroxyl groups excluding tert-OH is 1. The Balaban J connectivity index is 4.59. The smallest absolute Gasteiger partial charge is 0.0602 e. The number of nitrogens with zero attached hydrogens (tertiary/aromatic N) is 1. The van der Waals surface area contributed by atoms with Crippen molar-refractivity contribution in [3.05, 3.63) is 0 Å². The number of hydrogen-bond acceptors (Lipinski definition) is 3. The molecule has 0 radical (unpaired) electrons. The minimum atomic E-state index is 0.0453. The van der Waals surface area contributed by atoms with Crippen molar-refractivity contribution in [2.45, 2.75) is 59.2 Å². The molecule has 3 heteroatoms. The second-order valence-electron chi connectivity index (χ2n) is 4.66. The van der Waals surface area contributed by atoms with E-state index < -0.39 is 0 Å². The van der Waals surface area contributed by atoms with Gasteiger partial charge in [-0.2, -0.15) is 0 Å². The van der Waals surface area contributed by atoms with E-state index in [0.29, 0.717) is 12.0 Å². The third-order valence-corrected chi connectivity index (χ3v) is 3.35. The summed E-state index contributed by atoms with van der Waals surface area (Å²) < 4.78 is 0. The Bertz CT molecular complexity index is 162. The van der Waals surface area contributed by atoms with E-state index in [1.54, 1.807) is 0 Å². The molecule has 3 unspecified atom stereocenters. The van der Waals surface area contributed by atoms with Crippen molar-refractivity contribution in [3.63, 3.8) is 0 Å². The maximum absolute atomic E-state index is 9.47. The van der Waals surface area contributed by atoms with Gasteiger partial charge in [-0.25, -0.2) is 0 Å². The van der Waals surface area contributed by atoms with Crippen LogP contribution in [0.3, 0.4) is 0 Å². The predicted octanol–water partition coefficient (Wildman–Crippen LogP) is 1.45. The zero-order valence-electron chi connectivity index (χ0n) is 10.9. The van der Waals surface area contributed by atoms with Gasteiger partial charge in [0.25, 0.3) is 0 Å². The second kappa shape index (κ2) is 7.20. The molecule has 3 atom stereocenters. The molecule has 0 saturated carbocycles. The fourth-order valence-corrected chi connectivity index (χ4v) is 2.00. The van der Waals surface area contributed by atoms with E-state index >= 15 is 0 Å². The lowest BCUT2D eigenvalue weighted by Gasteiger charge is -2.39. The van der Waals surface area contributed by atoms with Gasteiger partial charge in [0.1, 0.15) is 0 Å². The van der Waals surface area contributed by atoms with E-state index in [1.165, 1.54) is 0 Å². The molecule has 15 heavy (non-hydrogen) atoms. The van der Waals surface area contributed by atoms with Crippen LogP contribution in [0.25, 0.3) is 0 Å². The molecule has 92 valence electrons. The van der Waals surface area contributed by atoms with Gasteiger partial charge in [0, 0.05) is 18.1 Å². The third-order valence-electron chi connectivity index (χ3n) is 3.35. The summed E-state index contributed by atoms with van der Waals surface area (Å²) in [6.45, 7) is 11.8. The Labute approximate surface area is 94.6 Å². The lowest BCUT2D eigenvalue weighted by atomic mass is 9.95. The van der Waals surface area contributed by atoms with Gasteiger partial charge in [0.05, 0.1) is 6.61 Å². The summed E-state index contributed by atoms with van der Waals surface area (Å²) in [5.74, 6) is 0.403. The Kier molecular flexibility index (Phi) is 7.14. The molecule has 0 aromatic carbocycles. The molecule has 0 aromatic heterocycles. The van der Waals surface area contributed by atoms with Crippen LogP contribution in [0.1, 0.15) is 41.0 Å². The van der Waals surface area contributed by atoms with E-state index in [0.717, 1.165) is 13.0 Å². The van der Waals surface area contributed by atoms with Crippen molar-refractivity contribution < 1.29 is 5.11 Å². The zero-order valence-corrected chi connectivity index (χ0v) is 10.9. The quantitative estimate of drug-likeness (QED) is 0.677. The summed E-state index contributed by atoms with van der Waals surface area (Å²) in [5, 5.41) is 9.47. The number of hydrogen-bond donors (Lipinski definition) is 2. The number of nitrogens with two attached hydrogens (primary N) is 1. The number of likely N-dealkylation sites (N-methyl/N-ethyl adjacent to an activating group) is 1. The van der Waals surface area contributed by atoms with Crippen LogP contribution >= 0.6 is 0 Å². The van der Waals surface area contributed by atoms with Crippen molar-refractivity contribution in [1.82, 2.24) is 4.90 Å². The van der Waals surface area contributed by atoms with Gasteiger partial charge in [-0.3, -0.25) is 4.90 Å². The van der Waals surface area contributed by atoms with Crippen LogP contribution in [-0.4, -0.2) is 41.3 Å². The summed E-state index contributed by atoms with van der Waals surface area (Å²) in [5.41, 5.74) is 6.14. The van der Waals surface area contributed by atoms with Gasteiger partial charge in [0.2, 0.25) is 0 Å². The maximum Gasteiger partial charge on any atom is 0.0602 e. The molecule has 0 heterocycles. The molecule has 0 saturated heterocycles. The van der Waals surface area contributed by atoms with Crippen molar-refractivity contribution in [2.75, 3.05) is 13.2 Å². The first kappa shape index (κ1) is 14.9. The highest BCUT2D eigenvalue weighted by molar-refractivity contribution is 4.85. The first-order chi connectivity index (χ1) is 6.99. The second-order valence-corrected chi connectivity index (χ2v) is 4.66. The Morgan fingerprint density at radius 1 is 1.20 bits per heavy atom. The van der Waals surface area contributed by atoms with Gasteiger partial charge in [-0.05, 0) is 25.8 Å². The molecule has 0 aliphatic rings. The SMILES string of the molecule is CCC(C)N(CC)C(CO)C(N)C(C)C. The zero-order chi connectivity index (χ0) is 12.0. The van der Waals surface area contributed by atoms with Crippen molar-refractivity contribution >= 4 is 0 Å². The molecular formula is C12H28N2O. The van der Waals surface area contributed by atoms with Crippen molar-refractivity contribution in [1.29, 1.82) is 0 Å². The Morgan fingerprint density at radius 2 is 1.73 bits per heavy atom. The Hall–Kier alpha value is -0.120. The topological polar surface area (TPSA) is 49.5 Å². The van der Waals surface area contributed by atoms with Gasteiger partial charge < -0.3 is 10.8 Å². The van der Waals surface area contributed by atoms with Crippen molar-refractivity contribution in [2.24, 2.45) is 11.7 Å². The van der Waals surface area contributed by atoms with Crippen molar-refractivity contribution in [3.8, 4) is 0 Å². The van der Waals surface area contributed by atoms with E-state index in [1.807, 2.05) is 0 Å². The predicted molar refractivity (Wildman–Crippen MR) is 65.8 cm³/mol. The largest absolute Gasteiger partial charge is 0.395 e. The molecule has 0 aromatic rings. The molecule has 0 fully saturated rings. The van der Waals surface area contributed by atoms with Crippen LogP contribution in [0, 0.1) is 5.92 Å². The molecule has 0 aliphatic heterocycles. The van der Waals surface area contributed by atoms with E-state index in [4.69, 9.17) is 5.73 Å². The molecule has 0 aliphatic carbocycles. The highest BCUT2D eigenvalue weighted by atomic mass is 16.3. The fourth-order valence-electron chi connectivity index (χ4n) is 2.00. The standard InChI is InChI=1S/C12H28N2O/c1-6-10(5)14(7-2)11(8-15)12(13)9(3)4/h9-12,15H,6-8,13H2,1-5H3. The van der Waals surface area contributed by atoms with Gasteiger partial charge in [-0.15, -0.1) is 0 Å². The summed E-state index contributed by atoms with van der Waals surface area (Å²) in [6.07, 6.45) is 1.09. The molecule has 0 bridgehead atoms. The van der Waals surface area contributed by atoms with Crippen LogP contribution in [0.4, 0.5) is 0 Å². The lowest BCUT2D eigenvalue weighted by Crippen LogP contribution is -2.55. The van der Waals surface area contributed by atoms with Crippen LogP contribution in [0.15, 0.2) is 0 Å². The molecule has 3 nitrogen and oxygen atoms in total. The lowest BCUT2D eigenvalue weighted by molar-refractivity contribution is 0.0652. The summed E-state index contributed by atoms with van der Waals surface area (Å²) in [7, 11) is 0. The number of aliphatic hydroxyl groups is 1. The van der Waals surface area contributed by atoms with Crippen LogP contribution < -0.4 is 5.73 Å². The first-order valence-corrected chi connectivity index (χ1v) is 6.11. The monoisotopic (exact) mass is 216 g/mol. The third kappa shape index (κ3) is 4.09. The molecule has 0 rings (SSSR count). The van der Waals surface area contributed by atoms with Gasteiger partial charge >= 0.3 is 0 Å². The fraction of sp³-hybridized carbons (Fsp3) is 1.00. The average molecular weight is 216 g/mol. The summed E-state index contributed by atoms with van der Waals surface area (Å²) >= 11 is 0. The Morgan fingerprint density at radius 3 is 2.00 bits per heavy atom.